The first-order chi connectivity index (χ1) is 12.2. The van der Waals surface area contributed by atoms with E-state index < -0.39 is 6.10 Å². The van der Waals surface area contributed by atoms with Gasteiger partial charge in [0.1, 0.15) is 0 Å². The first kappa shape index (κ1) is 17.6. The molecule has 1 atom stereocenters. The molecule has 5 heteroatoms. The van der Waals surface area contributed by atoms with E-state index in [1.807, 2.05) is 42.5 Å². The molecule has 25 heavy (non-hydrogen) atoms. The van der Waals surface area contributed by atoms with Crippen LogP contribution in [-0.4, -0.2) is 40.7 Å². The minimum absolute atomic E-state index is 0.0291. The molecular weight excluding hydrogens is 316 g/mol. The normalized spacial score (nSPS) is 16.4. The van der Waals surface area contributed by atoms with Gasteiger partial charge in [0.15, 0.2) is 0 Å². The molecule has 1 aromatic carbocycles. The monoisotopic (exact) mass is 340 g/mol. The number of aliphatic hydroxyl groups is 1. The van der Waals surface area contributed by atoms with Crippen molar-refractivity contribution >= 4 is 5.91 Å². The van der Waals surface area contributed by atoms with Crippen molar-refractivity contribution < 1.29 is 14.6 Å². The topological polar surface area (TPSA) is 62.7 Å². The highest BCUT2D eigenvalue weighted by Crippen LogP contribution is 2.22. The molecule has 2 aromatic rings. The lowest BCUT2D eigenvalue weighted by Gasteiger charge is -2.31. The molecule has 1 amide bonds. The lowest BCUT2D eigenvalue weighted by molar-refractivity contribution is -0.140. The van der Waals surface area contributed by atoms with Crippen LogP contribution < -0.4 is 0 Å². The van der Waals surface area contributed by atoms with Gasteiger partial charge < -0.3 is 14.7 Å². The first-order valence-corrected chi connectivity index (χ1v) is 8.72. The van der Waals surface area contributed by atoms with Crippen LogP contribution in [0.3, 0.4) is 0 Å². The van der Waals surface area contributed by atoms with Crippen molar-refractivity contribution in [1.82, 2.24) is 9.88 Å². The molecule has 1 aliphatic heterocycles. The van der Waals surface area contributed by atoms with Crippen LogP contribution in [0.1, 0.15) is 30.1 Å². The maximum atomic E-state index is 13.0. The summed E-state index contributed by atoms with van der Waals surface area (Å²) in [4.78, 5) is 18.8. The predicted molar refractivity (Wildman–Crippen MR) is 94.6 cm³/mol. The van der Waals surface area contributed by atoms with E-state index >= 15 is 0 Å². The van der Waals surface area contributed by atoms with Crippen LogP contribution in [0.4, 0.5) is 0 Å². The van der Waals surface area contributed by atoms with Gasteiger partial charge in [-0.2, -0.15) is 0 Å². The van der Waals surface area contributed by atoms with E-state index in [2.05, 4.69) is 4.98 Å². The molecule has 0 unspecified atom stereocenters. The summed E-state index contributed by atoms with van der Waals surface area (Å²) in [7, 11) is 0. The zero-order valence-electron chi connectivity index (χ0n) is 14.3. The zero-order chi connectivity index (χ0) is 17.5. The third-order valence-electron chi connectivity index (χ3n) is 4.58. The number of hydrogen-bond donors (Lipinski definition) is 1. The third-order valence-corrected chi connectivity index (χ3v) is 4.58. The molecule has 1 fully saturated rings. The van der Waals surface area contributed by atoms with E-state index in [0.717, 1.165) is 24.0 Å². The first-order valence-electron chi connectivity index (χ1n) is 8.72. The van der Waals surface area contributed by atoms with Gasteiger partial charge in [0.2, 0.25) is 5.91 Å². The van der Waals surface area contributed by atoms with Crippen molar-refractivity contribution in [3.63, 3.8) is 0 Å². The molecule has 0 spiro atoms. The fraction of sp³-hybridized carbons (Fsp3) is 0.400. The van der Waals surface area contributed by atoms with Gasteiger partial charge in [0, 0.05) is 38.1 Å². The van der Waals surface area contributed by atoms with Gasteiger partial charge in [-0.3, -0.25) is 9.78 Å². The number of aliphatic hydroxyl groups excluding tert-OH is 1. The number of carbonyl (C=O) groups is 1. The van der Waals surface area contributed by atoms with Gasteiger partial charge in [0.05, 0.1) is 12.6 Å². The Hall–Kier alpha value is -2.24. The molecular formula is C20H24N2O3. The van der Waals surface area contributed by atoms with Crippen molar-refractivity contribution in [2.45, 2.75) is 25.5 Å². The molecule has 2 heterocycles. The van der Waals surface area contributed by atoms with Crippen molar-refractivity contribution in [2.24, 2.45) is 5.92 Å². The molecule has 5 nitrogen and oxygen atoms in total. The van der Waals surface area contributed by atoms with Gasteiger partial charge in [-0.05, 0) is 36.1 Å². The number of rotatable bonds is 6. The Kier molecular flexibility index (Phi) is 6.14. The summed E-state index contributed by atoms with van der Waals surface area (Å²) in [6, 6.07) is 13.3. The van der Waals surface area contributed by atoms with Gasteiger partial charge >= 0.3 is 0 Å². The molecule has 1 saturated heterocycles. The maximum absolute atomic E-state index is 13.0. The Balaban J connectivity index is 1.74. The van der Waals surface area contributed by atoms with Gasteiger partial charge in [-0.15, -0.1) is 0 Å². The molecule has 1 aliphatic rings. The van der Waals surface area contributed by atoms with Crippen LogP contribution in [0.15, 0.2) is 54.9 Å². The fourth-order valence-corrected chi connectivity index (χ4v) is 3.13. The quantitative estimate of drug-likeness (QED) is 0.878. The number of amides is 1. The minimum atomic E-state index is -0.702. The minimum Gasteiger partial charge on any atom is -0.387 e. The fourth-order valence-electron chi connectivity index (χ4n) is 3.13. The third kappa shape index (κ3) is 4.87. The Bertz CT molecular complexity index is 657. The van der Waals surface area contributed by atoms with E-state index in [4.69, 9.17) is 4.74 Å². The predicted octanol–water partition coefficient (Wildman–Crippen LogP) is 2.57. The number of aromatic nitrogens is 1. The van der Waals surface area contributed by atoms with Crippen LogP contribution in [0.2, 0.25) is 0 Å². The van der Waals surface area contributed by atoms with E-state index in [9.17, 15) is 9.90 Å². The van der Waals surface area contributed by atoms with Crippen LogP contribution in [0.5, 0.6) is 0 Å². The summed E-state index contributed by atoms with van der Waals surface area (Å²) in [6.07, 6.45) is 4.23. The number of pyridine rings is 1. The summed E-state index contributed by atoms with van der Waals surface area (Å²) in [5.41, 5.74) is 1.83. The summed E-state index contributed by atoms with van der Waals surface area (Å²) in [5, 5.41) is 10.6. The summed E-state index contributed by atoms with van der Waals surface area (Å²) in [6.45, 7) is 2.01. The van der Waals surface area contributed by atoms with Crippen LogP contribution in [0.25, 0.3) is 0 Å². The van der Waals surface area contributed by atoms with Crippen molar-refractivity contribution in [3.8, 4) is 0 Å². The molecule has 1 aromatic heterocycles. The Morgan fingerprint density at radius 1 is 1.16 bits per heavy atom. The number of nitrogens with zero attached hydrogens (tertiary/aromatic N) is 2. The Labute approximate surface area is 148 Å². The number of hydrogen-bond acceptors (Lipinski definition) is 4. The van der Waals surface area contributed by atoms with Crippen LogP contribution in [0, 0.1) is 5.92 Å². The van der Waals surface area contributed by atoms with Crippen LogP contribution in [-0.2, 0) is 16.1 Å². The lowest BCUT2D eigenvalue weighted by Crippen LogP contribution is -2.40. The second-order valence-corrected chi connectivity index (χ2v) is 6.39. The van der Waals surface area contributed by atoms with Crippen molar-refractivity contribution in [2.75, 3.05) is 19.8 Å². The largest absolute Gasteiger partial charge is 0.387 e. The number of ether oxygens (including phenoxy) is 1. The van der Waals surface area contributed by atoms with Crippen molar-refractivity contribution in [1.29, 1.82) is 0 Å². The van der Waals surface area contributed by atoms with E-state index in [1.165, 1.54) is 0 Å². The van der Waals surface area contributed by atoms with E-state index in [-0.39, 0.29) is 18.4 Å². The van der Waals surface area contributed by atoms with E-state index in [1.54, 1.807) is 17.3 Å². The molecule has 0 saturated carbocycles. The highest BCUT2D eigenvalue weighted by molar-refractivity contribution is 5.79. The standard InChI is InChI=1S/C20H24N2O3/c23-19(17-4-2-1-3-5-17)15-22(14-16-6-10-21-11-7-16)20(24)18-8-12-25-13-9-18/h1-7,10-11,18-19,23H,8-9,12-15H2/t19-/m0/s1. The lowest BCUT2D eigenvalue weighted by atomic mass is 9.97. The second-order valence-electron chi connectivity index (χ2n) is 6.39. The zero-order valence-corrected chi connectivity index (χ0v) is 14.3. The summed E-state index contributed by atoms with van der Waals surface area (Å²) in [5.74, 6) is 0.0636. The van der Waals surface area contributed by atoms with E-state index in [0.29, 0.717) is 19.8 Å². The second kappa shape index (κ2) is 8.74. The molecule has 0 radical (unpaired) electrons. The average Bonchev–Trinajstić information content (AvgIpc) is 2.69. The summed E-state index contributed by atoms with van der Waals surface area (Å²) >= 11 is 0. The molecule has 3 rings (SSSR count). The molecule has 0 bridgehead atoms. The highest BCUT2D eigenvalue weighted by Gasteiger charge is 2.28. The number of benzene rings is 1. The maximum Gasteiger partial charge on any atom is 0.226 e. The SMILES string of the molecule is O=C(C1CCOCC1)N(Cc1ccncc1)C[C@H](O)c1ccccc1. The Morgan fingerprint density at radius 3 is 2.52 bits per heavy atom. The van der Waals surface area contributed by atoms with Crippen molar-refractivity contribution in [3.05, 3.63) is 66.0 Å². The Morgan fingerprint density at radius 2 is 1.84 bits per heavy atom. The molecule has 1 N–H and O–H groups in total. The van der Waals surface area contributed by atoms with Gasteiger partial charge in [-0.1, -0.05) is 30.3 Å². The molecule has 0 aliphatic carbocycles. The van der Waals surface area contributed by atoms with Gasteiger partial charge in [-0.25, -0.2) is 0 Å². The number of carbonyl (C=O) groups excluding carboxylic acids is 1. The molecule has 132 valence electrons. The summed E-state index contributed by atoms with van der Waals surface area (Å²) < 4.78 is 5.37. The van der Waals surface area contributed by atoms with Crippen LogP contribution >= 0.6 is 0 Å². The smallest absolute Gasteiger partial charge is 0.226 e. The average molecular weight is 340 g/mol. The highest BCUT2D eigenvalue weighted by atomic mass is 16.5. The van der Waals surface area contributed by atoms with Gasteiger partial charge in [0.25, 0.3) is 0 Å².